The Bertz CT molecular complexity index is 228. The molecule has 12 heavy (non-hydrogen) atoms. The molecular formula is C11H14O. The van der Waals surface area contributed by atoms with Crippen LogP contribution in [0.25, 0.3) is 0 Å². The summed E-state index contributed by atoms with van der Waals surface area (Å²) in [6, 6.07) is 9.93. The largest absolute Gasteiger partial charge is 0.303 e. The highest BCUT2D eigenvalue weighted by atomic mass is 16.1. The molecule has 1 aromatic carbocycles. The van der Waals surface area contributed by atoms with Gasteiger partial charge in [0.05, 0.1) is 0 Å². The van der Waals surface area contributed by atoms with Crippen LogP contribution in [-0.4, -0.2) is 6.29 Å². The summed E-state index contributed by atoms with van der Waals surface area (Å²) in [5, 5.41) is 0. The Hall–Kier alpha value is -1.11. The van der Waals surface area contributed by atoms with Crippen molar-refractivity contribution >= 4 is 6.29 Å². The van der Waals surface area contributed by atoms with Crippen molar-refractivity contribution in [2.24, 2.45) is 0 Å². The van der Waals surface area contributed by atoms with Gasteiger partial charge in [-0.25, -0.2) is 0 Å². The molecule has 0 unspecified atom stereocenters. The van der Waals surface area contributed by atoms with Gasteiger partial charge in [-0.2, -0.15) is 0 Å². The van der Waals surface area contributed by atoms with Crippen molar-refractivity contribution in [3.8, 4) is 0 Å². The van der Waals surface area contributed by atoms with E-state index in [1.807, 2.05) is 30.3 Å². The molecule has 0 saturated heterocycles. The van der Waals surface area contributed by atoms with E-state index in [2.05, 4.69) is 6.92 Å². The summed E-state index contributed by atoms with van der Waals surface area (Å²) in [7, 11) is 0. The standard InChI is InChI=1S/C11H14O/c1-2-6-11(9-12)10-7-4-3-5-8-10/h3-5,7-9,11H,2,6H2,1H3/t11-/m1/s1. The van der Waals surface area contributed by atoms with E-state index in [-0.39, 0.29) is 5.92 Å². The van der Waals surface area contributed by atoms with Crippen molar-refractivity contribution in [3.63, 3.8) is 0 Å². The van der Waals surface area contributed by atoms with Crippen LogP contribution in [0.1, 0.15) is 31.2 Å². The van der Waals surface area contributed by atoms with E-state index in [0.29, 0.717) is 0 Å². The van der Waals surface area contributed by atoms with E-state index in [9.17, 15) is 4.79 Å². The maximum absolute atomic E-state index is 10.7. The molecule has 1 atom stereocenters. The van der Waals surface area contributed by atoms with Gasteiger partial charge in [-0.3, -0.25) is 0 Å². The van der Waals surface area contributed by atoms with Gasteiger partial charge in [-0.15, -0.1) is 0 Å². The molecule has 0 fully saturated rings. The minimum Gasteiger partial charge on any atom is -0.303 e. The van der Waals surface area contributed by atoms with Crippen LogP contribution in [-0.2, 0) is 4.79 Å². The first-order valence-corrected chi connectivity index (χ1v) is 4.38. The zero-order valence-corrected chi connectivity index (χ0v) is 7.36. The second kappa shape index (κ2) is 4.70. The average Bonchev–Trinajstić information content (AvgIpc) is 2.15. The molecule has 0 aliphatic rings. The summed E-state index contributed by atoms with van der Waals surface area (Å²) in [4.78, 5) is 10.7. The summed E-state index contributed by atoms with van der Waals surface area (Å²) in [6.45, 7) is 2.10. The highest BCUT2D eigenvalue weighted by Crippen LogP contribution is 2.17. The Kier molecular flexibility index (Phi) is 3.52. The number of hydrogen-bond donors (Lipinski definition) is 0. The quantitative estimate of drug-likeness (QED) is 0.622. The summed E-state index contributed by atoms with van der Waals surface area (Å²) in [5.41, 5.74) is 1.13. The lowest BCUT2D eigenvalue weighted by Gasteiger charge is -2.07. The fourth-order valence-electron chi connectivity index (χ4n) is 1.32. The molecule has 1 nitrogen and oxygen atoms in total. The van der Waals surface area contributed by atoms with Gasteiger partial charge in [0.1, 0.15) is 6.29 Å². The van der Waals surface area contributed by atoms with Gasteiger partial charge in [0.25, 0.3) is 0 Å². The lowest BCUT2D eigenvalue weighted by atomic mass is 9.96. The Morgan fingerprint density at radius 3 is 2.50 bits per heavy atom. The predicted molar refractivity (Wildman–Crippen MR) is 50.2 cm³/mol. The third-order valence-corrected chi connectivity index (χ3v) is 1.99. The number of carbonyl (C=O) groups excluding carboxylic acids is 1. The summed E-state index contributed by atoms with van der Waals surface area (Å²) in [5.74, 6) is 0.0937. The molecule has 0 amide bonds. The van der Waals surface area contributed by atoms with E-state index in [1.165, 1.54) is 0 Å². The topological polar surface area (TPSA) is 17.1 Å². The molecule has 1 rings (SSSR count). The van der Waals surface area contributed by atoms with Crippen LogP contribution < -0.4 is 0 Å². The molecule has 0 aliphatic carbocycles. The molecule has 0 heterocycles. The van der Waals surface area contributed by atoms with Crippen LogP contribution in [0.2, 0.25) is 0 Å². The SMILES string of the molecule is CCC[C@H](C=O)c1ccccc1. The molecule has 0 N–H and O–H groups in total. The molecule has 0 aliphatic heterocycles. The van der Waals surface area contributed by atoms with Crippen molar-refractivity contribution in [2.45, 2.75) is 25.7 Å². The van der Waals surface area contributed by atoms with Crippen molar-refractivity contribution in [3.05, 3.63) is 35.9 Å². The van der Waals surface area contributed by atoms with Gasteiger partial charge in [0.2, 0.25) is 0 Å². The Morgan fingerprint density at radius 1 is 1.33 bits per heavy atom. The summed E-state index contributed by atoms with van der Waals surface area (Å²) >= 11 is 0. The lowest BCUT2D eigenvalue weighted by Crippen LogP contribution is -1.98. The molecular weight excluding hydrogens is 148 g/mol. The van der Waals surface area contributed by atoms with Gasteiger partial charge in [-0.05, 0) is 12.0 Å². The van der Waals surface area contributed by atoms with Crippen LogP contribution in [0.15, 0.2) is 30.3 Å². The van der Waals surface area contributed by atoms with Gasteiger partial charge in [0, 0.05) is 5.92 Å². The first-order chi connectivity index (χ1) is 5.88. The summed E-state index contributed by atoms with van der Waals surface area (Å²) < 4.78 is 0. The fourth-order valence-corrected chi connectivity index (χ4v) is 1.32. The van der Waals surface area contributed by atoms with Crippen LogP contribution in [0.3, 0.4) is 0 Å². The highest BCUT2D eigenvalue weighted by molar-refractivity contribution is 5.61. The second-order valence-corrected chi connectivity index (χ2v) is 2.94. The van der Waals surface area contributed by atoms with Gasteiger partial charge in [0.15, 0.2) is 0 Å². The third-order valence-electron chi connectivity index (χ3n) is 1.99. The molecule has 1 aromatic rings. The van der Waals surface area contributed by atoms with Crippen LogP contribution >= 0.6 is 0 Å². The maximum atomic E-state index is 10.7. The average molecular weight is 162 g/mol. The van der Waals surface area contributed by atoms with Crippen LogP contribution in [0, 0.1) is 0 Å². The van der Waals surface area contributed by atoms with Crippen LogP contribution in [0.4, 0.5) is 0 Å². The zero-order valence-electron chi connectivity index (χ0n) is 7.36. The number of aldehydes is 1. The minimum atomic E-state index is 0.0937. The molecule has 0 saturated carbocycles. The van der Waals surface area contributed by atoms with Gasteiger partial charge < -0.3 is 4.79 Å². The van der Waals surface area contributed by atoms with Crippen molar-refractivity contribution in [1.82, 2.24) is 0 Å². The molecule has 0 aromatic heterocycles. The molecule has 0 bridgehead atoms. The first-order valence-electron chi connectivity index (χ1n) is 4.38. The lowest BCUT2D eigenvalue weighted by molar-refractivity contribution is -0.109. The molecule has 0 radical (unpaired) electrons. The van der Waals surface area contributed by atoms with E-state index < -0.39 is 0 Å². The Labute approximate surface area is 73.4 Å². The minimum absolute atomic E-state index is 0.0937. The van der Waals surface area contributed by atoms with Crippen LogP contribution in [0.5, 0.6) is 0 Å². The molecule has 0 spiro atoms. The van der Waals surface area contributed by atoms with Gasteiger partial charge >= 0.3 is 0 Å². The predicted octanol–water partition coefficient (Wildman–Crippen LogP) is 2.77. The third kappa shape index (κ3) is 2.19. The van der Waals surface area contributed by atoms with Crippen molar-refractivity contribution in [1.29, 1.82) is 0 Å². The van der Waals surface area contributed by atoms with Crippen molar-refractivity contribution < 1.29 is 4.79 Å². The summed E-state index contributed by atoms with van der Waals surface area (Å²) in [6.07, 6.45) is 3.05. The number of hydrogen-bond acceptors (Lipinski definition) is 1. The zero-order chi connectivity index (χ0) is 8.81. The smallest absolute Gasteiger partial charge is 0.127 e. The molecule has 1 heteroatoms. The van der Waals surface area contributed by atoms with E-state index in [1.54, 1.807) is 0 Å². The highest BCUT2D eigenvalue weighted by Gasteiger charge is 2.07. The Morgan fingerprint density at radius 2 is 2.00 bits per heavy atom. The van der Waals surface area contributed by atoms with Gasteiger partial charge in [-0.1, -0.05) is 43.7 Å². The van der Waals surface area contributed by atoms with Crippen molar-refractivity contribution in [2.75, 3.05) is 0 Å². The normalized spacial score (nSPS) is 12.4. The number of carbonyl (C=O) groups is 1. The van der Waals surface area contributed by atoms with E-state index >= 15 is 0 Å². The Balaban J connectivity index is 2.73. The maximum Gasteiger partial charge on any atom is 0.127 e. The fraction of sp³-hybridized carbons (Fsp3) is 0.364. The number of benzene rings is 1. The van der Waals surface area contributed by atoms with E-state index in [4.69, 9.17) is 0 Å². The monoisotopic (exact) mass is 162 g/mol. The number of rotatable bonds is 4. The second-order valence-electron chi connectivity index (χ2n) is 2.94. The first kappa shape index (κ1) is 8.98. The molecule has 64 valence electrons. The van der Waals surface area contributed by atoms with E-state index in [0.717, 1.165) is 24.7 Å².